The van der Waals surface area contributed by atoms with Crippen LogP contribution in [-0.4, -0.2) is 41.8 Å². The zero-order valence-electron chi connectivity index (χ0n) is 14.7. The van der Waals surface area contributed by atoms with Gasteiger partial charge in [-0.2, -0.15) is 0 Å². The lowest BCUT2D eigenvalue weighted by molar-refractivity contribution is -0.146. The minimum atomic E-state index is -0.999. The summed E-state index contributed by atoms with van der Waals surface area (Å²) in [5, 5.41) is 9.68. The molecule has 0 aromatic heterocycles. The summed E-state index contributed by atoms with van der Waals surface area (Å²) in [5.74, 6) is -2.18. The molecule has 6 nitrogen and oxygen atoms in total. The normalized spacial score (nSPS) is 34.2. The summed E-state index contributed by atoms with van der Waals surface area (Å²) in [4.78, 5) is 26.9. The Kier molecular flexibility index (Phi) is 3.70. The predicted molar refractivity (Wildman–Crippen MR) is 95.1 cm³/mol. The zero-order chi connectivity index (χ0) is 18.6. The van der Waals surface area contributed by atoms with Crippen LogP contribution in [0.15, 0.2) is 48.6 Å². The largest absolute Gasteiger partial charge is 0.497 e. The van der Waals surface area contributed by atoms with E-state index in [0.29, 0.717) is 17.9 Å². The highest BCUT2D eigenvalue weighted by atomic mass is 16.5. The number of nitrogens with zero attached hydrogens (tertiary/aromatic N) is 1. The third-order valence-electron chi connectivity index (χ3n) is 5.58. The number of anilines is 1. The van der Waals surface area contributed by atoms with Crippen molar-refractivity contribution in [1.29, 1.82) is 0 Å². The Morgan fingerprint density at radius 3 is 2.88 bits per heavy atom. The first-order valence-corrected chi connectivity index (χ1v) is 8.60. The number of hydrogen-bond donors (Lipinski definition) is 1. The number of carbonyl (C=O) groups excluding carboxylic acids is 1. The van der Waals surface area contributed by atoms with E-state index in [1.54, 1.807) is 30.2 Å². The van der Waals surface area contributed by atoms with Gasteiger partial charge in [0.25, 0.3) is 0 Å². The molecule has 1 spiro atoms. The average molecular weight is 355 g/mol. The minimum Gasteiger partial charge on any atom is -0.497 e. The zero-order valence-corrected chi connectivity index (χ0v) is 14.7. The number of carboxylic acids is 1. The van der Waals surface area contributed by atoms with E-state index >= 15 is 0 Å². The molecule has 4 rings (SSSR count). The maximum atomic E-state index is 13.4. The van der Waals surface area contributed by atoms with E-state index in [1.807, 2.05) is 25.1 Å². The first kappa shape index (κ1) is 16.8. The van der Waals surface area contributed by atoms with E-state index in [9.17, 15) is 14.7 Å². The van der Waals surface area contributed by atoms with Crippen LogP contribution in [-0.2, 0) is 14.3 Å². The predicted octanol–water partition coefficient (Wildman–Crippen LogP) is 2.40. The van der Waals surface area contributed by atoms with Crippen LogP contribution < -0.4 is 9.64 Å². The van der Waals surface area contributed by atoms with E-state index in [-0.39, 0.29) is 11.9 Å². The van der Waals surface area contributed by atoms with Crippen molar-refractivity contribution in [3.8, 4) is 5.75 Å². The second kappa shape index (κ2) is 5.71. The van der Waals surface area contributed by atoms with Crippen LogP contribution in [0.3, 0.4) is 0 Å². The van der Waals surface area contributed by atoms with Gasteiger partial charge in [-0.05, 0) is 25.5 Å². The molecule has 0 aliphatic carbocycles. The molecule has 0 saturated carbocycles. The molecule has 2 saturated heterocycles. The average Bonchev–Trinajstić information content (AvgIpc) is 3.24. The number of carboxylic acid groups (broad SMARTS) is 1. The fourth-order valence-electron chi connectivity index (χ4n) is 4.58. The van der Waals surface area contributed by atoms with Crippen LogP contribution in [0.2, 0.25) is 0 Å². The molecular weight excluding hydrogens is 334 g/mol. The van der Waals surface area contributed by atoms with Crippen molar-refractivity contribution in [1.82, 2.24) is 0 Å². The highest BCUT2D eigenvalue weighted by molar-refractivity contribution is 6.03. The lowest BCUT2D eigenvalue weighted by atomic mass is 9.74. The fraction of sp³-hybridized carbons (Fsp3) is 0.400. The Bertz CT molecular complexity index is 831. The molecule has 136 valence electrons. The lowest BCUT2D eigenvalue weighted by Gasteiger charge is -2.33. The summed E-state index contributed by atoms with van der Waals surface area (Å²) in [6.07, 6.45) is 3.64. The summed E-state index contributed by atoms with van der Waals surface area (Å²) >= 11 is 0. The van der Waals surface area contributed by atoms with Crippen LogP contribution in [0.1, 0.15) is 13.3 Å². The third-order valence-corrected chi connectivity index (χ3v) is 5.58. The molecular formula is C20H21NO5. The number of hydrogen-bond acceptors (Lipinski definition) is 4. The second-order valence-electron chi connectivity index (χ2n) is 7.22. The van der Waals surface area contributed by atoms with Gasteiger partial charge in [0.05, 0.1) is 25.2 Å². The number of aliphatic carboxylic acids is 1. The van der Waals surface area contributed by atoms with Gasteiger partial charge in [0, 0.05) is 11.8 Å². The topological polar surface area (TPSA) is 76.1 Å². The molecule has 3 aliphatic heterocycles. The van der Waals surface area contributed by atoms with Gasteiger partial charge >= 0.3 is 5.97 Å². The smallest absolute Gasteiger partial charge is 0.310 e. The standard InChI is InChI=1S/C20H21NO5/c1-11(2)9-15-20-8-7-14(26-20)16(19(23)24)17(20)18(22)21(15)12-5-4-6-13(10-12)25-3/h4-8,10,14-17H,1,9H2,2-3H3,(H,23,24)/t14-,15?,16?,17-,20?/m1/s1. The summed E-state index contributed by atoms with van der Waals surface area (Å²) in [6, 6.07) is 6.89. The molecule has 1 N–H and O–H groups in total. The first-order valence-electron chi connectivity index (χ1n) is 8.60. The number of benzene rings is 1. The summed E-state index contributed by atoms with van der Waals surface area (Å²) in [7, 11) is 1.57. The van der Waals surface area contributed by atoms with Gasteiger partial charge in [-0.1, -0.05) is 23.8 Å². The van der Waals surface area contributed by atoms with Gasteiger partial charge < -0.3 is 19.5 Å². The molecule has 5 atom stereocenters. The molecule has 1 aromatic carbocycles. The molecule has 0 radical (unpaired) electrons. The van der Waals surface area contributed by atoms with E-state index in [4.69, 9.17) is 9.47 Å². The Morgan fingerprint density at radius 2 is 2.23 bits per heavy atom. The van der Waals surface area contributed by atoms with Crippen molar-refractivity contribution in [3.05, 3.63) is 48.6 Å². The molecule has 3 heterocycles. The Hall–Kier alpha value is -2.60. The van der Waals surface area contributed by atoms with Gasteiger partial charge in [0.15, 0.2) is 0 Å². The maximum absolute atomic E-state index is 13.4. The van der Waals surface area contributed by atoms with E-state index in [0.717, 1.165) is 5.57 Å². The van der Waals surface area contributed by atoms with E-state index in [1.165, 1.54) is 0 Å². The molecule has 26 heavy (non-hydrogen) atoms. The van der Waals surface area contributed by atoms with Gasteiger partial charge in [-0.3, -0.25) is 9.59 Å². The summed E-state index contributed by atoms with van der Waals surface area (Å²) < 4.78 is 11.4. The minimum absolute atomic E-state index is 0.219. The van der Waals surface area contributed by atoms with Gasteiger partial charge in [-0.15, -0.1) is 6.58 Å². The monoisotopic (exact) mass is 355 g/mol. The number of rotatable bonds is 5. The highest BCUT2D eigenvalue weighted by Crippen LogP contribution is 2.56. The Morgan fingerprint density at radius 1 is 1.46 bits per heavy atom. The lowest BCUT2D eigenvalue weighted by Crippen LogP contribution is -2.45. The van der Waals surface area contributed by atoms with Crippen LogP contribution in [0.5, 0.6) is 5.75 Å². The Balaban J connectivity index is 1.84. The number of amides is 1. The number of methoxy groups -OCH3 is 1. The van der Waals surface area contributed by atoms with Crippen LogP contribution >= 0.6 is 0 Å². The van der Waals surface area contributed by atoms with Gasteiger partial charge in [0.2, 0.25) is 5.91 Å². The molecule has 3 aliphatic rings. The summed E-state index contributed by atoms with van der Waals surface area (Å²) in [6.45, 7) is 5.89. The maximum Gasteiger partial charge on any atom is 0.310 e. The molecule has 3 unspecified atom stereocenters. The van der Waals surface area contributed by atoms with E-state index in [2.05, 4.69) is 6.58 Å². The number of carbonyl (C=O) groups is 2. The van der Waals surface area contributed by atoms with Crippen LogP contribution in [0.4, 0.5) is 5.69 Å². The number of ether oxygens (including phenoxy) is 2. The molecule has 2 fully saturated rings. The molecule has 2 bridgehead atoms. The second-order valence-corrected chi connectivity index (χ2v) is 7.22. The van der Waals surface area contributed by atoms with Crippen molar-refractivity contribution in [2.24, 2.45) is 11.8 Å². The molecule has 6 heteroatoms. The van der Waals surface area contributed by atoms with Gasteiger partial charge in [0.1, 0.15) is 17.3 Å². The molecule has 1 aromatic rings. The van der Waals surface area contributed by atoms with Crippen molar-refractivity contribution in [2.45, 2.75) is 31.1 Å². The van der Waals surface area contributed by atoms with Crippen molar-refractivity contribution in [3.63, 3.8) is 0 Å². The molecule has 1 amide bonds. The van der Waals surface area contributed by atoms with E-state index < -0.39 is 29.5 Å². The quantitative estimate of drug-likeness (QED) is 0.821. The SMILES string of the molecule is C=C(C)CC1N(c2cccc(OC)c2)C(=O)[C@H]2C(C(=O)O)[C@H]3C=CC12O3. The van der Waals surface area contributed by atoms with Crippen LogP contribution in [0.25, 0.3) is 0 Å². The van der Waals surface area contributed by atoms with Crippen LogP contribution in [0, 0.1) is 11.8 Å². The van der Waals surface area contributed by atoms with Crippen molar-refractivity contribution >= 4 is 17.6 Å². The highest BCUT2D eigenvalue weighted by Gasteiger charge is 2.71. The third kappa shape index (κ3) is 2.15. The van der Waals surface area contributed by atoms with Crippen molar-refractivity contribution in [2.75, 3.05) is 12.0 Å². The first-order chi connectivity index (χ1) is 12.4. The van der Waals surface area contributed by atoms with Gasteiger partial charge in [-0.25, -0.2) is 0 Å². The summed E-state index contributed by atoms with van der Waals surface area (Å²) in [5.41, 5.74) is 0.659. The van der Waals surface area contributed by atoms with Crippen molar-refractivity contribution < 1.29 is 24.2 Å². The number of fused-ring (bicyclic) bond motifs is 1. The Labute approximate surface area is 151 Å². The fourth-order valence-corrected chi connectivity index (χ4v) is 4.58.